The van der Waals surface area contributed by atoms with E-state index in [1.807, 2.05) is 6.07 Å². The van der Waals surface area contributed by atoms with Gasteiger partial charge < -0.3 is 19.0 Å². The molecule has 12 heteroatoms. The van der Waals surface area contributed by atoms with Crippen molar-refractivity contribution in [1.82, 2.24) is 4.31 Å². The summed E-state index contributed by atoms with van der Waals surface area (Å²) < 4.78 is 69.2. The summed E-state index contributed by atoms with van der Waals surface area (Å²) in [6.07, 6.45) is 2.80. The van der Waals surface area contributed by atoms with Crippen LogP contribution in [-0.4, -0.2) is 60.5 Å². The van der Waals surface area contributed by atoms with Crippen LogP contribution in [0.25, 0.3) is 6.08 Å². The molecule has 1 amide bonds. The molecule has 4 rings (SSSR count). The van der Waals surface area contributed by atoms with Crippen LogP contribution in [-0.2, 0) is 29.7 Å². The van der Waals surface area contributed by atoms with Gasteiger partial charge in [-0.3, -0.25) is 4.79 Å². The van der Waals surface area contributed by atoms with Gasteiger partial charge in [0.05, 0.1) is 25.2 Å². The average molecular weight is 601 g/mol. The number of rotatable bonds is 9. The Hall–Kier alpha value is -3.71. The van der Waals surface area contributed by atoms with Crippen LogP contribution >= 0.6 is 0 Å². The van der Waals surface area contributed by atoms with Crippen molar-refractivity contribution in [1.29, 1.82) is 0 Å². The summed E-state index contributed by atoms with van der Waals surface area (Å²) in [5.74, 6) is -0.312. The molecule has 218 valence electrons. The lowest BCUT2D eigenvalue weighted by molar-refractivity contribution is -0.111. The molecule has 0 saturated carbocycles. The van der Waals surface area contributed by atoms with Gasteiger partial charge in [-0.15, -0.1) is 0 Å². The summed E-state index contributed by atoms with van der Waals surface area (Å²) >= 11 is 0. The smallest absolute Gasteiger partial charge is 0.339 e. The lowest BCUT2D eigenvalue weighted by Crippen LogP contribution is -2.40. The van der Waals surface area contributed by atoms with Crippen molar-refractivity contribution in [2.45, 2.75) is 30.6 Å². The highest BCUT2D eigenvalue weighted by Crippen LogP contribution is 2.32. The average Bonchev–Trinajstić information content (AvgIpc) is 2.95. The van der Waals surface area contributed by atoms with Crippen molar-refractivity contribution in [2.75, 3.05) is 38.7 Å². The second-order valence-electron chi connectivity index (χ2n) is 9.53. The van der Waals surface area contributed by atoms with Gasteiger partial charge in [0.2, 0.25) is 15.9 Å². The van der Waals surface area contributed by atoms with Gasteiger partial charge in [0, 0.05) is 24.9 Å². The van der Waals surface area contributed by atoms with Crippen molar-refractivity contribution in [2.24, 2.45) is 0 Å². The number of hydrogen-bond acceptors (Lipinski definition) is 8. The molecule has 3 aromatic carbocycles. The Kier molecular flexibility index (Phi) is 9.17. The largest absolute Gasteiger partial charge is 0.493 e. The van der Waals surface area contributed by atoms with Crippen LogP contribution in [0.1, 0.15) is 22.3 Å². The molecule has 3 aromatic rings. The number of benzene rings is 3. The fourth-order valence-electron chi connectivity index (χ4n) is 4.17. The highest BCUT2D eigenvalue weighted by Gasteiger charge is 2.27. The third-order valence-corrected chi connectivity index (χ3v) is 9.77. The van der Waals surface area contributed by atoms with Gasteiger partial charge in [-0.05, 0) is 79.4 Å². The van der Waals surface area contributed by atoms with Crippen molar-refractivity contribution in [3.05, 3.63) is 82.9 Å². The van der Waals surface area contributed by atoms with Crippen molar-refractivity contribution >= 4 is 37.8 Å². The summed E-state index contributed by atoms with van der Waals surface area (Å²) in [4.78, 5) is 12.9. The molecule has 0 atom stereocenters. The molecule has 1 fully saturated rings. The number of hydrogen-bond donors (Lipinski definition) is 1. The quantitative estimate of drug-likeness (QED) is 0.288. The Morgan fingerprint density at radius 2 is 1.61 bits per heavy atom. The van der Waals surface area contributed by atoms with Gasteiger partial charge in [0.25, 0.3) is 0 Å². The first kappa shape index (κ1) is 30.3. The minimum Gasteiger partial charge on any atom is -0.493 e. The fourth-order valence-corrected chi connectivity index (χ4v) is 6.87. The van der Waals surface area contributed by atoms with E-state index in [-0.39, 0.29) is 34.4 Å². The van der Waals surface area contributed by atoms with Crippen molar-refractivity contribution in [3.63, 3.8) is 0 Å². The molecule has 41 heavy (non-hydrogen) atoms. The maximum Gasteiger partial charge on any atom is 0.339 e. The number of methoxy groups -OCH3 is 1. The molecule has 0 radical (unpaired) electrons. The van der Waals surface area contributed by atoms with Gasteiger partial charge in [0.1, 0.15) is 4.90 Å². The number of anilines is 1. The van der Waals surface area contributed by atoms with Crippen LogP contribution in [0, 0.1) is 20.8 Å². The van der Waals surface area contributed by atoms with Crippen molar-refractivity contribution in [3.8, 4) is 11.5 Å². The number of morpholine rings is 1. The third kappa shape index (κ3) is 7.14. The molecule has 0 spiro atoms. The van der Waals surface area contributed by atoms with E-state index in [0.29, 0.717) is 35.6 Å². The Morgan fingerprint density at radius 3 is 2.32 bits per heavy atom. The fraction of sp³-hybridized carbons (Fsp3) is 0.276. The van der Waals surface area contributed by atoms with Gasteiger partial charge in [0.15, 0.2) is 11.5 Å². The normalized spacial score (nSPS) is 14.6. The number of ether oxygens (including phenoxy) is 2. The maximum absolute atomic E-state index is 13.0. The van der Waals surface area contributed by atoms with Crippen LogP contribution in [0.2, 0.25) is 0 Å². The van der Waals surface area contributed by atoms with Crippen LogP contribution in [0.3, 0.4) is 0 Å². The molecule has 0 aromatic heterocycles. The van der Waals surface area contributed by atoms with Crippen molar-refractivity contribution < 1.29 is 35.3 Å². The molecule has 1 aliphatic rings. The van der Waals surface area contributed by atoms with E-state index in [1.165, 1.54) is 41.8 Å². The first-order chi connectivity index (χ1) is 19.4. The molecule has 0 bridgehead atoms. The summed E-state index contributed by atoms with van der Waals surface area (Å²) in [5.41, 5.74) is 2.95. The van der Waals surface area contributed by atoms with Gasteiger partial charge in [-0.2, -0.15) is 12.7 Å². The predicted octanol–water partition coefficient (Wildman–Crippen LogP) is 4.06. The Morgan fingerprint density at radius 1 is 0.902 bits per heavy atom. The Balaban J connectivity index is 1.49. The summed E-state index contributed by atoms with van der Waals surface area (Å²) in [5, 5.41) is 2.73. The molecule has 10 nitrogen and oxygen atoms in total. The third-order valence-electron chi connectivity index (χ3n) is 6.50. The van der Waals surface area contributed by atoms with Gasteiger partial charge in [-0.25, -0.2) is 8.42 Å². The first-order valence-electron chi connectivity index (χ1n) is 12.8. The summed E-state index contributed by atoms with van der Waals surface area (Å²) in [6, 6.07) is 14.2. The number of carbonyl (C=O) groups excluding carboxylic acids is 1. The molecular weight excluding hydrogens is 568 g/mol. The SMILES string of the molecule is COc1cc(C=CC(=O)Nc2cc(S(=O)(=O)N3CCOCC3)ccc2C)ccc1OS(=O)(=O)c1cc(C)ccc1C. The number of nitrogens with zero attached hydrogens (tertiary/aromatic N) is 1. The van der Waals surface area contributed by atoms with Crippen LogP contribution < -0.4 is 14.2 Å². The zero-order valence-corrected chi connectivity index (χ0v) is 24.8. The molecule has 1 heterocycles. The number of amides is 1. The number of carbonyl (C=O) groups is 1. The zero-order chi connectivity index (χ0) is 29.8. The van der Waals surface area contributed by atoms with Gasteiger partial charge in [-0.1, -0.05) is 24.3 Å². The second kappa shape index (κ2) is 12.4. The zero-order valence-electron chi connectivity index (χ0n) is 23.2. The number of aryl methyl sites for hydroxylation is 3. The maximum atomic E-state index is 13.0. The Bertz CT molecular complexity index is 1690. The minimum atomic E-state index is -4.11. The van der Waals surface area contributed by atoms with E-state index in [0.717, 1.165) is 5.56 Å². The van der Waals surface area contributed by atoms with Crippen LogP contribution in [0.5, 0.6) is 11.5 Å². The summed E-state index contributed by atoms with van der Waals surface area (Å²) in [7, 11) is -6.45. The van der Waals surface area contributed by atoms with E-state index in [9.17, 15) is 21.6 Å². The first-order valence-corrected chi connectivity index (χ1v) is 15.6. The lowest BCUT2D eigenvalue weighted by Gasteiger charge is -2.26. The number of nitrogens with one attached hydrogen (secondary N) is 1. The highest BCUT2D eigenvalue weighted by molar-refractivity contribution is 7.89. The summed E-state index contributed by atoms with van der Waals surface area (Å²) in [6.45, 7) is 6.45. The topological polar surface area (TPSA) is 128 Å². The monoisotopic (exact) mass is 600 g/mol. The van der Waals surface area contributed by atoms with E-state index < -0.39 is 26.0 Å². The molecule has 0 aliphatic carbocycles. The van der Waals surface area contributed by atoms with E-state index in [2.05, 4.69) is 5.32 Å². The van der Waals surface area contributed by atoms with E-state index in [1.54, 1.807) is 51.1 Å². The predicted molar refractivity (Wildman–Crippen MR) is 155 cm³/mol. The Labute approximate surface area is 240 Å². The molecule has 0 unspecified atom stereocenters. The standard InChI is InChI=1S/C29H32N2O8S2/c1-20-5-6-22(3)28(17-20)41(35,36)39-26-11-8-23(18-27(26)37-4)9-12-29(32)30-25-19-24(10-7-21(25)2)40(33,34)31-13-15-38-16-14-31/h5-12,17-19H,13-16H2,1-4H3,(H,30,32). The van der Waals surface area contributed by atoms with E-state index in [4.69, 9.17) is 13.7 Å². The van der Waals surface area contributed by atoms with E-state index >= 15 is 0 Å². The molecule has 1 aliphatic heterocycles. The van der Waals surface area contributed by atoms with Crippen LogP contribution in [0.15, 0.2) is 70.5 Å². The number of sulfonamides is 1. The minimum absolute atomic E-state index is 0.00363. The van der Waals surface area contributed by atoms with Crippen LogP contribution in [0.4, 0.5) is 5.69 Å². The molecular formula is C29H32N2O8S2. The van der Waals surface area contributed by atoms with Gasteiger partial charge >= 0.3 is 10.1 Å². The second-order valence-corrected chi connectivity index (χ2v) is 13.0. The highest BCUT2D eigenvalue weighted by atomic mass is 32.2. The molecule has 1 N–H and O–H groups in total. The molecule has 1 saturated heterocycles. The lowest BCUT2D eigenvalue weighted by atomic mass is 10.1.